The number of amides is 2. The quantitative estimate of drug-likeness (QED) is 0.674. The Kier molecular flexibility index (Phi) is 2.94. The molecule has 1 saturated carbocycles. The summed E-state index contributed by atoms with van der Waals surface area (Å²) < 4.78 is 0. The Balaban J connectivity index is 1.85. The van der Waals surface area contributed by atoms with Crippen molar-refractivity contribution in [2.45, 2.75) is 12.8 Å². The van der Waals surface area contributed by atoms with Gasteiger partial charge in [0.05, 0.1) is 5.39 Å². The van der Waals surface area contributed by atoms with Gasteiger partial charge < -0.3 is 0 Å². The summed E-state index contributed by atoms with van der Waals surface area (Å²) in [6.45, 7) is 0. The fraction of sp³-hybridized carbons (Fsp3) is 0.231. The van der Waals surface area contributed by atoms with Crippen LogP contribution in [0.5, 0.6) is 0 Å². The Morgan fingerprint density at radius 1 is 1.15 bits per heavy atom. The molecule has 7 nitrogen and oxygen atoms in total. The SMILES string of the molecule is O=C(NNC(=O)C1CC1)c1n[nH]c(=O)c2ccccc12. The second-order valence-electron chi connectivity index (χ2n) is 4.66. The summed E-state index contributed by atoms with van der Waals surface area (Å²) >= 11 is 0. The van der Waals surface area contributed by atoms with Crippen LogP contribution in [0.4, 0.5) is 0 Å². The van der Waals surface area contributed by atoms with E-state index in [1.807, 2.05) is 0 Å². The van der Waals surface area contributed by atoms with Gasteiger partial charge in [-0.05, 0) is 18.9 Å². The summed E-state index contributed by atoms with van der Waals surface area (Å²) in [6.07, 6.45) is 1.70. The van der Waals surface area contributed by atoms with Crippen LogP contribution < -0.4 is 16.4 Å². The highest BCUT2D eigenvalue weighted by Gasteiger charge is 2.30. The summed E-state index contributed by atoms with van der Waals surface area (Å²) in [6, 6.07) is 6.65. The number of nitrogens with one attached hydrogen (secondary N) is 3. The standard InChI is InChI=1S/C13H12N4O3/c18-11(7-5-6-7)15-17-13(20)10-8-3-1-2-4-9(8)12(19)16-14-10/h1-4,7H,5-6H2,(H,15,18)(H,16,19)(H,17,20). The maximum Gasteiger partial charge on any atom is 0.290 e. The number of aromatic nitrogens is 2. The monoisotopic (exact) mass is 272 g/mol. The zero-order valence-corrected chi connectivity index (χ0v) is 10.5. The predicted molar refractivity (Wildman–Crippen MR) is 70.7 cm³/mol. The van der Waals surface area contributed by atoms with E-state index in [-0.39, 0.29) is 23.1 Å². The Morgan fingerprint density at radius 3 is 2.55 bits per heavy atom. The topological polar surface area (TPSA) is 104 Å². The lowest BCUT2D eigenvalue weighted by Gasteiger charge is -2.07. The van der Waals surface area contributed by atoms with Crippen molar-refractivity contribution < 1.29 is 9.59 Å². The first-order valence-corrected chi connectivity index (χ1v) is 6.24. The van der Waals surface area contributed by atoms with Crippen molar-refractivity contribution in [3.63, 3.8) is 0 Å². The second-order valence-corrected chi connectivity index (χ2v) is 4.66. The van der Waals surface area contributed by atoms with Crippen molar-refractivity contribution in [3.05, 3.63) is 40.3 Å². The van der Waals surface area contributed by atoms with Crippen LogP contribution in [0.15, 0.2) is 29.1 Å². The molecule has 20 heavy (non-hydrogen) atoms. The number of hydrogen-bond acceptors (Lipinski definition) is 4. The van der Waals surface area contributed by atoms with Crippen LogP contribution >= 0.6 is 0 Å². The molecular formula is C13H12N4O3. The number of fused-ring (bicyclic) bond motifs is 1. The normalized spacial score (nSPS) is 14.0. The number of hydrazine groups is 1. The highest BCUT2D eigenvalue weighted by molar-refractivity contribution is 6.05. The van der Waals surface area contributed by atoms with Crippen molar-refractivity contribution in [1.29, 1.82) is 0 Å². The minimum absolute atomic E-state index is 0.00409. The lowest BCUT2D eigenvalue weighted by Crippen LogP contribution is -2.43. The van der Waals surface area contributed by atoms with Gasteiger partial charge in [0.15, 0.2) is 5.69 Å². The van der Waals surface area contributed by atoms with Crippen molar-refractivity contribution in [2.24, 2.45) is 5.92 Å². The van der Waals surface area contributed by atoms with E-state index in [1.165, 1.54) is 0 Å². The fourth-order valence-electron chi connectivity index (χ4n) is 1.91. The molecule has 0 aliphatic heterocycles. The van der Waals surface area contributed by atoms with E-state index in [2.05, 4.69) is 21.0 Å². The molecule has 2 aromatic rings. The average molecular weight is 272 g/mol. The number of carbonyl (C=O) groups excluding carboxylic acids is 2. The van der Waals surface area contributed by atoms with Crippen LogP contribution in [-0.2, 0) is 4.79 Å². The molecule has 7 heteroatoms. The van der Waals surface area contributed by atoms with Crippen LogP contribution in [0.25, 0.3) is 10.8 Å². The summed E-state index contributed by atoms with van der Waals surface area (Å²) in [5, 5.41) is 6.83. The molecule has 1 aliphatic carbocycles. The molecule has 1 heterocycles. The Labute approximate surface area is 113 Å². The summed E-state index contributed by atoms with van der Waals surface area (Å²) in [7, 11) is 0. The third kappa shape index (κ3) is 2.25. The lowest BCUT2D eigenvalue weighted by atomic mass is 10.1. The van der Waals surface area contributed by atoms with Crippen LogP contribution in [0, 0.1) is 5.92 Å². The van der Waals surface area contributed by atoms with Gasteiger partial charge in [0, 0.05) is 11.3 Å². The largest absolute Gasteiger partial charge is 0.290 e. The lowest BCUT2D eigenvalue weighted by molar-refractivity contribution is -0.123. The first kappa shape index (κ1) is 12.3. The van der Waals surface area contributed by atoms with Crippen molar-refractivity contribution in [3.8, 4) is 0 Å². The Bertz CT molecular complexity index is 749. The van der Waals surface area contributed by atoms with Gasteiger partial charge in [-0.2, -0.15) is 5.10 Å². The summed E-state index contributed by atoms with van der Waals surface area (Å²) in [5.74, 6) is -0.769. The van der Waals surface area contributed by atoms with Gasteiger partial charge >= 0.3 is 0 Å². The smallest absolute Gasteiger partial charge is 0.273 e. The fourth-order valence-corrected chi connectivity index (χ4v) is 1.91. The molecule has 3 N–H and O–H groups in total. The molecule has 1 aromatic carbocycles. The van der Waals surface area contributed by atoms with Crippen molar-refractivity contribution in [1.82, 2.24) is 21.0 Å². The first-order chi connectivity index (χ1) is 9.66. The molecule has 0 radical (unpaired) electrons. The number of rotatable bonds is 2. The number of benzene rings is 1. The van der Waals surface area contributed by atoms with Gasteiger partial charge in [-0.1, -0.05) is 18.2 Å². The van der Waals surface area contributed by atoms with Gasteiger partial charge in [-0.3, -0.25) is 25.2 Å². The van der Waals surface area contributed by atoms with E-state index in [9.17, 15) is 14.4 Å². The molecule has 2 amide bonds. The van der Waals surface area contributed by atoms with Crippen molar-refractivity contribution in [2.75, 3.05) is 0 Å². The molecule has 0 bridgehead atoms. The van der Waals surface area contributed by atoms with Crippen LogP contribution in [-0.4, -0.2) is 22.0 Å². The molecular weight excluding hydrogens is 260 g/mol. The summed E-state index contributed by atoms with van der Waals surface area (Å²) in [5.41, 5.74) is 4.36. The van der Waals surface area contributed by atoms with E-state index >= 15 is 0 Å². The molecule has 0 spiro atoms. The Hall–Kier alpha value is -2.70. The number of aromatic amines is 1. The van der Waals surface area contributed by atoms with Gasteiger partial charge in [-0.25, -0.2) is 5.10 Å². The van der Waals surface area contributed by atoms with E-state index in [4.69, 9.17) is 0 Å². The summed E-state index contributed by atoms with van der Waals surface area (Å²) in [4.78, 5) is 35.1. The Morgan fingerprint density at radius 2 is 1.85 bits per heavy atom. The molecule has 0 atom stereocenters. The zero-order valence-electron chi connectivity index (χ0n) is 10.5. The van der Waals surface area contributed by atoms with Gasteiger partial charge in [-0.15, -0.1) is 0 Å². The molecule has 0 unspecified atom stereocenters. The zero-order chi connectivity index (χ0) is 14.1. The van der Waals surface area contributed by atoms with E-state index < -0.39 is 5.91 Å². The third-order valence-corrected chi connectivity index (χ3v) is 3.16. The number of H-pyrrole nitrogens is 1. The molecule has 0 saturated heterocycles. The number of carbonyl (C=O) groups is 2. The molecule has 102 valence electrons. The molecule has 1 aliphatic rings. The predicted octanol–water partition coefficient (Wildman–Crippen LogP) is 0.0941. The maximum atomic E-state index is 12.0. The van der Waals surface area contributed by atoms with Crippen LogP contribution in [0.3, 0.4) is 0 Å². The molecule has 1 fully saturated rings. The number of hydrogen-bond donors (Lipinski definition) is 3. The molecule has 1 aromatic heterocycles. The molecule has 3 rings (SSSR count). The van der Waals surface area contributed by atoms with Crippen LogP contribution in [0.1, 0.15) is 23.3 Å². The highest BCUT2D eigenvalue weighted by atomic mass is 16.2. The van der Waals surface area contributed by atoms with Gasteiger partial charge in [0.25, 0.3) is 11.5 Å². The third-order valence-electron chi connectivity index (χ3n) is 3.16. The van der Waals surface area contributed by atoms with Gasteiger partial charge in [0.2, 0.25) is 5.91 Å². The van der Waals surface area contributed by atoms with E-state index in [1.54, 1.807) is 24.3 Å². The van der Waals surface area contributed by atoms with Gasteiger partial charge in [0.1, 0.15) is 0 Å². The first-order valence-electron chi connectivity index (χ1n) is 6.24. The highest BCUT2D eigenvalue weighted by Crippen LogP contribution is 2.28. The minimum atomic E-state index is -0.563. The van der Waals surface area contributed by atoms with Crippen molar-refractivity contribution >= 4 is 22.6 Å². The average Bonchev–Trinajstić information content (AvgIpc) is 3.30. The van der Waals surface area contributed by atoms with Crippen LogP contribution in [0.2, 0.25) is 0 Å². The van der Waals surface area contributed by atoms with E-state index in [0.29, 0.717) is 10.8 Å². The minimum Gasteiger partial charge on any atom is -0.273 e. The second kappa shape index (κ2) is 4.76. The van der Waals surface area contributed by atoms with E-state index in [0.717, 1.165) is 12.8 Å². The maximum absolute atomic E-state index is 12.0. The number of nitrogens with zero attached hydrogens (tertiary/aromatic N) is 1.